The summed E-state index contributed by atoms with van der Waals surface area (Å²) >= 11 is 0. The summed E-state index contributed by atoms with van der Waals surface area (Å²) in [5.74, 6) is 0. The fourth-order valence-corrected chi connectivity index (χ4v) is 1.68. The van der Waals surface area contributed by atoms with E-state index in [-0.39, 0.29) is 5.56 Å². The minimum absolute atomic E-state index is 0.163. The van der Waals surface area contributed by atoms with E-state index in [1.54, 1.807) is 10.7 Å². The molecule has 0 fully saturated rings. The van der Waals surface area contributed by atoms with Gasteiger partial charge in [0, 0.05) is 5.39 Å². The summed E-state index contributed by atoms with van der Waals surface area (Å²) in [6, 6.07) is 9.68. The van der Waals surface area contributed by atoms with E-state index >= 15 is 0 Å². The molecule has 0 saturated heterocycles. The predicted molar refractivity (Wildman–Crippen MR) is 53.3 cm³/mol. The molecule has 3 rings (SSSR count). The van der Waals surface area contributed by atoms with Crippen molar-refractivity contribution in [3.8, 4) is 0 Å². The topological polar surface area (TPSA) is 50.2 Å². The normalized spacial score (nSPS) is 11.1. The maximum atomic E-state index is 11.4. The number of fused-ring (bicyclic) bond motifs is 3. The Morgan fingerprint density at radius 1 is 1.21 bits per heavy atom. The SMILES string of the molecule is O=c1[nH]ncn2c1cc1ccccc12. The minimum Gasteiger partial charge on any atom is -0.294 e. The summed E-state index contributed by atoms with van der Waals surface area (Å²) in [6.07, 6.45) is 1.61. The van der Waals surface area contributed by atoms with Crippen LogP contribution in [0.5, 0.6) is 0 Å². The van der Waals surface area contributed by atoms with Crippen molar-refractivity contribution in [2.45, 2.75) is 0 Å². The summed E-state index contributed by atoms with van der Waals surface area (Å²) in [4.78, 5) is 11.4. The van der Waals surface area contributed by atoms with E-state index in [4.69, 9.17) is 0 Å². The van der Waals surface area contributed by atoms with Crippen molar-refractivity contribution in [2.75, 3.05) is 0 Å². The standard InChI is InChI=1S/C10H7N3O/c14-10-9-5-7-3-1-2-4-8(7)13(9)6-11-12-10/h1-6H,(H,12,14). The molecule has 2 aromatic heterocycles. The minimum atomic E-state index is -0.163. The monoisotopic (exact) mass is 185 g/mol. The fraction of sp³-hybridized carbons (Fsp3) is 0. The number of aromatic amines is 1. The molecule has 1 aromatic carbocycles. The number of nitrogens with one attached hydrogen (secondary N) is 1. The smallest absolute Gasteiger partial charge is 0.288 e. The quantitative estimate of drug-likeness (QED) is 0.571. The molecule has 0 saturated carbocycles. The molecule has 0 spiro atoms. The highest BCUT2D eigenvalue weighted by atomic mass is 16.1. The van der Waals surface area contributed by atoms with Crippen molar-refractivity contribution in [2.24, 2.45) is 0 Å². The van der Waals surface area contributed by atoms with Crippen molar-refractivity contribution in [1.82, 2.24) is 14.6 Å². The molecule has 0 unspecified atom stereocenters. The molecular weight excluding hydrogens is 178 g/mol. The van der Waals surface area contributed by atoms with Gasteiger partial charge in [-0.1, -0.05) is 18.2 Å². The highest BCUT2D eigenvalue weighted by molar-refractivity contribution is 5.86. The Kier molecular flexibility index (Phi) is 1.28. The maximum absolute atomic E-state index is 11.4. The lowest BCUT2D eigenvalue weighted by atomic mass is 10.2. The van der Waals surface area contributed by atoms with Gasteiger partial charge in [0.15, 0.2) is 0 Å². The first kappa shape index (κ1) is 7.32. The van der Waals surface area contributed by atoms with Crippen molar-refractivity contribution in [3.63, 3.8) is 0 Å². The molecule has 0 radical (unpaired) electrons. The molecule has 3 aromatic rings. The first-order valence-electron chi connectivity index (χ1n) is 4.30. The van der Waals surface area contributed by atoms with Crippen LogP contribution in [0.25, 0.3) is 16.4 Å². The lowest BCUT2D eigenvalue weighted by Gasteiger charge is -1.93. The summed E-state index contributed by atoms with van der Waals surface area (Å²) < 4.78 is 1.79. The first-order chi connectivity index (χ1) is 6.86. The van der Waals surface area contributed by atoms with Crippen LogP contribution in [0.4, 0.5) is 0 Å². The summed E-state index contributed by atoms with van der Waals surface area (Å²) in [7, 11) is 0. The van der Waals surface area contributed by atoms with E-state index in [1.165, 1.54) is 0 Å². The molecule has 0 aliphatic carbocycles. The average molecular weight is 185 g/mol. The van der Waals surface area contributed by atoms with Gasteiger partial charge >= 0.3 is 0 Å². The van der Waals surface area contributed by atoms with E-state index < -0.39 is 0 Å². The third kappa shape index (κ3) is 0.821. The van der Waals surface area contributed by atoms with E-state index in [0.29, 0.717) is 5.52 Å². The van der Waals surface area contributed by atoms with Crippen LogP contribution in [0.1, 0.15) is 0 Å². The van der Waals surface area contributed by atoms with Gasteiger partial charge in [0.25, 0.3) is 5.56 Å². The Morgan fingerprint density at radius 2 is 2.07 bits per heavy atom. The second-order valence-corrected chi connectivity index (χ2v) is 3.14. The lowest BCUT2D eigenvalue weighted by Crippen LogP contribution is -2.09. The van der Waals surface area contributed by atoms with Crippen LogP contribution in [0.2, 0.25) is 0 Å². The number of rotatable bonds is 0. The van der Waals surface area contributed by atoms with Crippen LogP contribution in [0.15, 0.2) is 41.5 Å². The maximum Gasteiger partial charge on any atom is 0.288 e. The molecule has 14 heavy (non-hydrogen) atoms. The van der Waals surface area contributed by atoms with Gasteiger partial charge in [0.2, 0.25) is 0 Å². The molecule has 0 amide bonds. The average Bonchev–Trinajstić information content (AvgIpc) is 2.59. The van der Waals surface area contributed by atoms with Crippen LogP contribution >= 0.6 is 0 Å². The number of hydrogen-bond acceptors (Lipinski definition) is 2. The molecular formula is C10H7N3O. The summed E-state index contributed by atoms with van der Waals surface area (Å²) in [6.45, 7) is 0. The summed E-state index contributed by atoms with van der Waals surface area (Å²) in [5.41, 5.74) is 1.46. The second-order valence-electron chi connectivity index (χ2n) is 3.14. The zero-order chi connectivity index (χ0) is 9.54. The molecule has 68 valence electrons. The number of aromatic nitrogens is 3. The van der Waals surface area contributed by atoms with Crippen molar-refractivity contribution < 1.29 is 0 Å². The number of nitrogens with zero attached hydrogens (tertiary/aromatic N) is 2. The molecule has 4 heteroatoms. The Morgan fingerprint density at radius 3 is 3.00 bits per heavy atom. The van der Waals surface area contributed by atoms with Crippen LogP contribution < -0.4 is 5.56 Å². The fourth-order valence-electron chi connectivity index (χ4n) is 1.68. The van der Waals surface area contributed by atoms with Crippen LogP contribution in [-0.4, -0.2) is 14.6 Å². The van der Waals surface area contributed by atoms with Gasteiger partial charge in [-0.05, 0) is 12.1 Å². The van der Waals surface area contributed by atoms with E-state index in [0.717, 1.165) is 10.9 Å². The van der Waals surface area contributed by atoms with Crippen molar-refractivity contribution in [3.05, 3.63) is 47.0 Å². The Balaban J connectivity index is 2.70. The molecule has 2 heterocycles. The second kappa shape index (κ2) is 2.45. The zero-order valence-electron chi connectivity index (χ0n) is 7.27. The molecule has 1 N–H and O–H groups in total. The Bertz CT molecular complexity index is 665. The molecule has 0 bridgehead atoms. The van der Waals surface area contributed by atoms with Gasteiger partial charge in [0.1, 0.15) is 11.8 Å². The van der Waals surface area contributed by atoms with Crippen LogP contribution in [0, 0.1) is 0 Å². The van der Waals surface area contributed by atoms with Gasteiger partial charge in [-0.25, -0.2) is 5.10 Å². The van der Waals surface area contributed by atoms with Crippen molar-refractivity contribution in [1.29, 1.82) is 0 Å². The van der Waals surface area contributed by atoms with Gasteiger partial charge in [-0.2, -0.15) is 5.10 Å². The number of hydrogen-bond donors (Lipinski definition) is 1. The highest BCUT2D eigenvalue weighted by Crippen LogP contribution is 2.16. The Labute approximate surface area is 78.8 Å². The largest absolute Gasteiger partial charge is 0.294 e. The van der Waals surface area contributed by atoms with Gasteiger partial charge in [0.05, 0.1) is 5.52 Å². The zero-order valence-corrected chi connectivity index (χ0v) is 7.27. The molecule has 0 atom stereocenters. The van der Waals surface area contributed by atoms with Gasteiger partial charge in [-0.15, -0.1) is 0 Å². The lowest BCUT2D eigenvalue weighted by molar-refractivity contribution is 0.931. The Hall–Kier alpha value is -2.10. The molecule has 4 nitrogen and oxygen atoms in total. The van der Waals surface area contributed by atoms with Gasteiger partial charge in [-0.3, -0.25) is 9.20 Å². The number of para-hydroxylation sites is 1. The molecule has 0 aliphatic heterocycles. The summed E-state index contributed by atoms with van der Waals surface area (Å²) in [5, 5.41) is 7.22. The van der Waals surface area contributed by atoms with E-state index in [1.807, 2.05) is 30.3 Å². The van der Waals surface area contributed by atoms with Crippen molar-refractivity contribution >= 4 is 16.4 Å². The van der Waals surface area contributed by atoms with E-state index in [2.05, 4.69) is 10.2 Å². The number of benzene rings is 1. The third-order valence-electron chi connectivity index (χ3n) is 2.32. The number of H-pyrrole nitrogens is 1. The first-order valence-corrected chi connectivity index (χ1v) is 4.30. The van der Waals surface area contributed by atoms with E-state index in [9.17, 15) is 4.79 Å². The van der Waals surface area contributed by atoms with Crippen LogP contribution in [0.3, 0.4) is 0 Å². The van der Waals surface area contributed by atoms with Crippen LogP contribution in [-0.2, 0) is 0 Å². The molecule has 0 aliphatic rings. The highest BCUT2D eigenvalue weighted by Gasteiger charge is 2.03. The van der Waals surface area contributed by atoms with Gasteiger partial charge < -0.3 is 0 Å². The predicted octanol–water partition coefficient (Wildman–Crippen LogP) is 1.18. The third-order valence-corrected chi connectivity index (χ3v) is 2.32.